The molecular formula is C24H34Zr+2. The van der Waals surface area contributed by atoms with Crippen molar-refractivity contribution in [3.8, 4) is 0 Å². The molecule has 2 saturated carbocycles. The molecular weight excluding hydrogens is 379 g/mol. The Morgan fingerprint density at radius 3 is 1.60 bits per heavy atom. The zero-order chi connectivity index (χ0) is 17.7. The third kappa shape index (κ3) is 22.3. The van der Waals surface area contributed by atoms with Crippen LogP contribution >= 0.6 is 0 Å². The quantitative estimate of drug-likeness (QED) is 0.230. The molecule has 2 rings (SSSR count). The van der Waals surface area contributed by atoms with Crippen LogP contribution in [0.2, 0.25) is 0 Å². The van der Waals surface area contributed by atoms with E-state index in [0.29, 0.717) is 0 Å². The Labute approximate surface area is 179 Å². The molecule has 0 aromatic heterocycles. The second kappa shape index (κ2) is 24.4. The molecule has 0 aromatic rings. The average Bonchev–Trinajstić information content (AvgIpc) is 3.35. The molecule has 0 N–H and O–H groups in total. The Hall–Kier alpha value is 0.363. The summed E-state index contributed by atoms with van der Waals surface area (Å²) >= 11 is 0. The van der Waals surface area contributed by atoms with Crippen molar-refractivity contribution < 1.29 is 26.2 Å². The fourth-order valence-corrected chi connectivity index (χ4v) is 1.88. The summed E-state index contributed by atoms with van der Waals surface area (Å²) < 4.78 is 0. The normalized spacial score (nSPS) is 16.7. The van der Waals surface area contributed by atoms with E-state index in [1.54, 1.807) is 0 Å². The molecule has 25 heavy (non-hydrogen) atoms. The van der Waals surface area contributed by atoms with Crippen molar-refractivity contribution in [2.45, 2.75) is 58.8 Å². The van der Waals surface area contributed by atoms with E-state index in [4.69, 9.17) is 0 Å². The van der Waals surface area contributed by atoms with Gasteiger partial charge in [-0.15, -0.1) is 6.42 Å². The number of hydrogen-bond acceptors (Lipinski definition) is 0. The monoisotopic (exact) mass is 412 g/mol. The Bertz CT molecular complexity index is 257. The molecule has 0 amide bonds. The van der Waals surface area contributed by atoms with Crippen molar-refractivity contribution in [3.63, 3.8) is 0 Å². The van der Waals surface area contributed by atoms with Crippen LogP contribution < -0.4 is 0 Å². The van der Waals surface area contributed by atoms with E-state index in [1.165, 1.54) is 37.7 Å². The van der Waals surface area contributed by atoms with Gasteiger partial charge in [-0.25, -0.2) is 12.2 Å². The second-order valence-electron chi connectivity index (χ2n) is 5.57. The van der Waals surface area contributed by atoms with Gasteiger partial charge < -0.3 is 6.92 Å². The Morgan fingerprint density at radius 2 is 1.24 bits per heavy atom. The first-order valence-corrected chi connectivity index (χ1v) is 9.23. The van der Waals surface area contributed by atoms with Crippen LogP contribution in [-0.4, -0.2) is 0 Å². The van der Waals surface area contributed by atoms with Gasteiger partial charge in [-0.1, -0.05) is 46.0 Å². The minimum Gasteiger partial charge on any atom is -0.341 e. The van der Waals surface area contributed by atoms with Crippen LogP contribution in [0.4, 0.5) is 0 Å². The van der Waals surface area contributed by atoms with Gasteiger partial charge in [-0.2, -0.15) is 12.0 Å². The maximum Gasteiger partial charge on any atom is 4.00 e. The van der Waals surface area contributed by atoms with Crippen molar-refractivity contribution in [2.24, 2.45) is 0 Å². The number of hydrogen-bond donors (Lipinski definition) is 0. The van der Waals surface area contributed by atoms with Gasteiger partial charge in [-0.3, -0.25) is 6.08 Å². The molecule has 2 aliphatic rings. The second-order valence-corrected chi connectivity index (χ2v) is 5.57. The van der Waals surface area contributed by atoms with Gasteiger partial charge in [0, 0.05) is 0 Å². The van der Waals surface area contributed by atoms with Crippen LogP contribution in [0.15, 0.2) is 17.7 Å². The van der Waals surface area contributed by atoms with Gasteiger partial charge in [0.25, 0.3) is 0 Å². The summed E-state index contributed by atoms with van der Waals surface area (Å²) in [6.07, 6.45) is 35.9. The minimum atomic E-state index is 0. The Morgan fingerprint density at radius 1 is 0.800 bits per heavy atom. The third-order valence-electron chi connectivity index (χ3n) is 3.37. The van der Waals surface area contributed by atoms with Crippen molar-refractivity contribution in [1.29, 1.82) is 0 Å². The summed E-state index contributed by atoms with van der Waals surface area (Å²) in [6, 6.07) is 0. The fraction of sp³-hybridized carbons (Fsp3) is 0.375. The smallest absolute Gasteiger partial charge is 0.341 e. The van der Waals surface area contributed by atoms with E-state index in [-0.39, 0.29) is 26.2 Å². The van der Waals surface area contributed by atoms with Gasteiger partial charge in [-0.05, 0) is 64.2 Å². The first kappa shape index (κ1) is 27.6. The van der Waals surface area contributed by atoms with E-state index < -0.39 is 0 Å². The van der Waals surface area contributed by atoms with Crippen molar-refractivity contribution in [3.05, 3.63) is 94.9 Å². The molecule has 0 unspecified atom stereocenters. The van der Waals surface area contributed by atoms with Gasteiger partial charge in [0.2, 0.25) is 0 Å². The predicted molar refractivity (Wildman–Crippen MR) is 108 cm³/mol. The van der Waals surface area contributed by atoms with Gasteiger partial charge in [0.15, 0.2) is 0 Å². The minimum absolute atomic E-state index is 0. The summed E-state index contributed by atoms with van der Waals surface area (Å²) in [6.45, 7) is 8.36. The molecule has 0 heterocycles. The van der Waals surface area contributed by atoms with Crippen LogP contribution in [-0.2, 0) is 26.2 Å². The van der Waals surface area contributed by atoms with Crippen LogP contribution in [0.3, 0.4) is 0 Å². The molecule has 0 nitrogen and oxygen atoms in total. The van der Waals surface area contributed by atoms with Crippen LogP contribution in [0.5, 0.6) is 0 Å². The van der Waals surface area contributed by atoms with E-state index in [0.717, 1.165) is 12.8 Å². The Kier molecular flexibility index (Phi) is 26.9. The zero-order valence-electron chi connectivity index (χ0n) is 16.1. The zero-order valence-corrected chi connectivity index (χ0v) is 18.5. The van der Waals surface area contributed by atoms with Crippen LogP contribution in [0.1, 0.15) is 58.8 Å². The molecule has 2 aliphatic carbocycles. The summed E-state index contributed by atoms with van der Waals surface area (Å²) in [4.78, 5) is 0. The maximum absolute atomic E-state index is 3.92. The van der Waals surface area contributed by atoms with Crippen LogP contribution in [0, 0.1) is 77.2 Å². The van der Waals surface area contributed by atoms with Crippen molar-refractivity contribution in [1.82, 2.24) is 0 Å². The van der Waals surface area contributed by atoms with E-state index in [9.17, 15) is 0 Å². The Balaban J connectivity index is 0. The van der Waals surface area contributed by atoms with Crippen molar-refractivity contribution >= 4 is 0 Å². The standard InChI is InChI=1S/C14H24.2C5H5.Zr/c1-4-7-9-10-11-13-14(6-3)12-8-5-2;2*1-2-4-5-3-1;/h10-11H,3-9,12H2,1-2H3;2*1-5H;/q-2;;;+4/b11-10+;;;. The molecule has 1 heteroatoms. The summed E-state index contributed by atoms with van der Waals surface area (Å²) in [5, 5.41) is 0. The molecule has 10 radical (unpaired) electrons. The number of rotatable bonds is 8. The largest absolute Gasteiger partial charge is 4.00 e. The van der Waals surface area contributed by atoms with Crippen molar-refractivity contribution in [2.75, 3.05) is 0 Å². The average molecular weight is 414 g/mol. The fourth-order valence-electron chi connectivity index (χ4n) is 1.88. The SMILES string of the molecule is [CH2-]CC(=[C-]/C=C/CCCC)CCCC.[CH]1[CH][CH][CH][CH]1.[CH]1[CH][CH][CH][CH]1.[Zr+4]. The first-order valence-electron chi connectivity index (χ1n) is 9.23. The predicted octanol–water partition coefficient (Wildman–Crippen LogP) is 6.92. The first-order chi connectivity index (χ1) is 11.8. The molecule has 0 aliphatic heterocycles. The molecule has 2 fully saturated rings. The van der Waals surface area contributed by atoms with Gasteiger partial charge in [0.1, 0.15) is 0 Å². The molecule has 0 bridgehead atoms. The topological polar surface area (TPSA) is 0 Å². The third-order valence-corrected chi connectivity index (χ3v) is 3.37. The van der Waals surface area contributed by atoms with Gasteiger partial charge >= 0.3 is 26.2 Å². The number of allylic oxidation sites excluding steroid dienone is 4. The summed E-state index contributed by atoms with van der Waals surface area (Å²) in [5.74, 6) is 0. The molecule has 0 saturated heterocycles. The molecule has 0 atom stereocenters. The van der Waals surface area contributed by atoms with Gasteiger partial charge in [0.05, 0.1) is 0 Å². The maximum atomic E-state index is 3.92. The molecule has 0 spiro atoms. The van der Waals surface area contributed by atoms with E-state index in [1.807, 2.05) is 64.2 Å². The number of unbranched alkanes of at least 4 members (excludes halogenated alkanes) is 3. The summed E-state index contributed by atoms with van der Waals surface area (Å²) in [5.41, 5.74) is 1.36. The van der Waals surface area contributed by atoms with E-state index in [2.05, 4.69) is 39.0 Å². The summed E-state index contributed by atoms with van der Waals surface area (Å²) in [7, 11) is 0. The molecule has 132 valence electrons. The van der Waals surface area contributed by atoms with E-state index >= 15 is 0 Å². The molecule has 0 aromatic carbocycles. The van der Waals surface area contributed by atoms with Crippen LogP contribution in [0.25, 0.3) is 0 Å².